The normalized spacial score (nSPS) is 10.1. The number of benzene rings is 2. The van der Waals surface area contributed by atoms with Gasteiger partial charge in [-0.15, -0.1) is 0 Å². The van der Waals surface area contributed by atoms with Crippen LogP contribution in [0.1, 0.15) is 27.6 Å². The Hall–Kier alpha value is -2.69. The highest BCUT2D eigenvalue weighted by atomic mass is 19.1. The van der Waals surface area contributed by atoms with Crippen molar-refractivity contribution in [1.82, 2.24) is 0 Å². The van der Waals surface area contributed by atoms with Crippen molar-refractivity contribution in [3.63, 3.8) is 0 Å². The maximum absolute atomic E-state index is 13.0. The molecule has 3 N–H and O–H groups in total. The van der Waals surface area contributed by atoms with Crippen molar-refractivity contribution in [2.24, 2.45) is 0 Å². The smallest absolute Gasteiger partial charge is 0.255 e. The number of carbonyl (C=O) groups is 2. The fraction of sp³-hybridized carbons (Fsp3) is 0.0667. The predicted octanol–water partition coefficient (Wildman–Crippen LogP) is 2.86. The molecule has 5 heteroatoms. The lowest BCUT2D eigenvalue weighted by atomic mass is 10.1. The number of rotatable bonds is 3. The van der Waals surface area contributed by atoms with E-state index in [1.54, 1.807) is 24.3 Å². The first-order valence-corrected chi connectivity index (χ1v) is 5.95. The van der Waals surface area contributed by atoms with Crippen molar-refractivity contribution in [2.45, 2.75) is 6.92 Å². The number of carbonyl (C=O) groups excluding carboxylic acids is 2. The van der Waals surface area contributed by atoms with Gasteiger partial charge in [-0.3, -0.25) is 9.59 Å². The van der Waals surface area contributed by atoms with Gasteiger partial charge in [-0.05, 0) is 37.3 Å². The lowest BCUT2D eigenvalue weighted by molar-refractivity contribution is 0.101. The molecular weight excluding hydrogens is 259 g/mol. The van der Waals surface area contributed by atoms with E-state index in [4.69, 9.17) is 5.73 Å². The molecule has 0 unspecified atom stereocenters. The molecule has 0 spiro atoms. The standard InChI is InChI=1S/C15H13FN2O2/c1-9(19)10-3-2-4-12(7-10)18-15(20)11-5-6-13(16)14(17)8-11/h2-8H,17H2,1H3,(H,18,20). The molecule has 0 aliphatic heterocycles. The van der Waals surface area contributed by atoms with Crippen molar-refractivity contribution in [1.29, 1.82) is 0 Å². The highest BCUT2D eigenvalue weighted by Crippen LogP contribution is 2.16. The number of ketones is 1. The zero-order valence-corrected chi connectivity index (χ0v) is 10.8. The van der Waals surface area contributed by atoms with Crippen LogP contribution >= 0.6 is 0 Å². The second-order valence-electron chi connectivity index (χ2n) is 4.33. The van der Waals surface area contributed by atoms with Crippen molar-refractivity contribution >= 4 is 23.1 Å². The van der Waals surface area contributed by atoms with Gasteiger partial charge in [0.25, 0.3) is 5.91 Å². The molecule has 0 aromatic heterocycles. The molecule has 20 heavy (non-hydrogen) atoms. The Balaban J connectivity index is 2.21. The van der Waals surface area contributed by atoms with Crippen molar-refractivity contribution in [3.8, 4) is 0 Å². The fourth-order valence-corrected chi connectivity index (χ4v) is 1.70. The zero-order chi connectivity index (χ0) is 14.7. The summed E-state index contributed by atoms with van der Waals surface area (Å²) in [6.45, 7) is 1.45. The van der Waals surface area contributed by atoms with E-state index >= 15 is 0 Å². The molecule has 0 heterocycles. The number of hydrogen-bond acceptors (Lipinski definition) is 3. The molecule has 102 valence electrons. The van der Waals surface area contributed by atoms with Gasteiger partial charge in [0.2, 0.25) is 0 Å². The first kappa shape index (κ1) is 13.7. The van der Waals surface area contributed by atoms with Crippen LogP contribution in [0.4, 0.5) is 15.8 Å². The topological polar surface area (TPSA) is 72.2 Å². The maximum Gasteiger partial charge on any atom is 0.255 e. The number of halogens is 1. The van der Waals surface area contributed by atoms with E-state index in [9.17, 15) is 14.0 Å². The Bertz CT molecular complexity index is 683. The first-order valence-electron chi connectivity index (χ1n) is 5.95. The monoisotopic (exact) mass is 272 g/mol. The van der Waals surface area contributed by atoms with Gasteiger partial charge in [0.05, 0.1) is 5.69 Å². The average Bonchev–Trinajstić information content (AvgIpc) is 2.42. The second-order valence-corrected chi connectivity index (χ2v) is 4.33. The average molecular weight is 272 g/mol. The molecular formula is C15H13FN2O2. The van der Waals surface area contributed by atoms with E-state index < -0.39 is 11.7 Å². The zero-order valence-electron chi connectivity index (χ0n) is 10.8. The largest absolute Gasteiger partial charge is 0.396 e. The number of amides is 1. The highest BCUT2D eigenvalue weighted by Gasteiger charge is 2.09. The minimum absolute atomic E-state index is 0.0878. The third kappa shape index (κ3) is 3.00. The van der Waals surface area contributed by atoms with Gasteiger partial charge in [-0.2, -0.15) is 0 Å². The van der Waals surface area contributed by atoms with Gasteiger partial charge < -0.3 is 11.1 Å². The quantitative estimate of drug-likeness (QED) is 0.666. The van der Waals surface area contributed by atoms with Gasteiger partial charge in [-0.1, -0.05) is 12.1 Å². The van der Waals surface area contributed by atoms with E-state index in [0.29, 0.717) is 11.3 Å². The molecule has 0 saturated carbocycles. The van der Waals surface area contributed by atoms with Gasteiger partial charge in [-0.25, -0.2) is 4.39 Å². The fourth-order valence-electron chi connectivity index (χ4n) is 1.70. The predicted molar refractivity (Wildman–Crippen MR) is 75.2 cm³/mol. The van der Waals surface area contributed by atoms with Crippen molar-refractivity contribution in [2.75, 3.05) is 11.1 Å². The van der Waals surface area contributed by atoms with Gasteiger partial charge in [0.1, 0.15) is 5.82 Å². The molecule has 0 aliphatic rings. The number of anilines is 2. The molecule has 0 atom stereocenters. The Morgan fingerprint density at radius 3 is 2.50 bits per heavy atom. The number of nitrogens with two attached hydrogens (primary N) is 1. The van der Waals surface area contributed by atoms with E-state index in [1.807, 2.05) is 0 Å². The van der Waals surface area contributed by atoms with E-state index in [-0.39, 0.29) is 17.0 Å². The lowest BCUT2D eigenvalue weighted by Gasteiger charge is -2.07. The summed E-state index contributed by atoms with van der Waals surface area (Å²) < 4.78 is 13.0. The third-order valence-electron chi connectivity index (χ3n) is 2.79. The number of hydrogen-bond donors (Lipinski definition) is 2. The molecule has 2 aromatic rings. The summed E-state index contributed by atoms with van der Waals surface area (Å²) in [6, 6.07) is 10.3. The summed E-state index contributed by atoms with van der Waals surface area (Å²) in [4.78, 5) is 23.2. The van der Waals surface area contributed by atoms with Gasteiger partial charge >= 0.3 is 0 Å². The summed E-state index contributed by atoms with van der Waals surface area (Å²) in [5.74, 6) is -1.08. The van der Waals surface area contributed by atoms with E-state index in [1.165, 1.54) is 19.1 Å². The molecule has 2 rings (SSSR count). The molecule has 0 bridgehead atoms. The van der Waals surface area contributed by atoms with Gasteiger partial charge in [0.15, 0.2) is 5.78 Å². The SMILES string of the molecule is CC(=O)c1cccc(NC(=O)c2ccc(F)c(N)c2)c1. The van der Waals surface area contributed by atoms with E-state index in [2.05, 4.69) is 5.32 Å². The molecule has 0 aliphatic carbocycles. The van der Waals surface area contributed by atoms with Crippen LogP contribution < -0.4 is 11.1 Å². The van der Waals surface area contributed by atoms with Crippen molar-refractivity contribution in [3.05, 3.63) is 59.4 Å². The molecule has 0 saturated heterocycles. The summed E-state index contributed by atoms with van der Waals surface area (Å²) in [5, 5.41) is 2.63. The van der Waals surface area contributed by atoms with Crippen LogP contribution in [0.2, 0.25) is 0 Å². The van der Waals surface area contributed by atoms with Crippen LogP contribution in [0, 0.1) is 5.82 Å². The molecule has 4 nitrogen and oxygen atoms in total. The maximum atomic E-state index is 13.0. The summed E-state index contributed by atoms with van der Waals surface area (Å²) in [6.07, 6.45) is 0. The van der Waals surface area contributed by atoms with Crippen molar-refractivity contribution < 1.29 is 14.0 Å². The number of nitrogen functional groups attached to an aromatic ring is 1. The minimum Gasteiger partial charge on any atom is -0.396 e. The minimum atomic E-state index is -0.569. The summed E-state index contributed by atoms with van der Waals surface area (Å²) in [5.41, 5.74) is 6.57. The molecule has 0 fully saturated rings. The van der Waals surface area contributed by atoms with Crippen LogP contribution in [-0.4, -0.2) is 11.7 Å². The molecule has 1 amide bonds. The Morgan fingerprint density at radius 1 is 1.10 bits per heavy atom. The second kappa shape index (κ2) is 5.52. The van der Waals surface area contributed by atoms with Gasteiger partial charge in [0, 0.05) is 16.8 Å². The molecule has 2 aromatic carbocycles. The van der Waals surface area contributed by atoms with Crippen LogP contribution in [0.5, 0.6) is 0 Å². The highest BCUT2D eigenvalue weighted by molar-refractivity contribution is 6.05. The van der Waals surface area contributed by atoms with E-state index in [0.717, 1.165) is 6.07 Å². The number of Topliss-reactive ketones (excluding diaryl/α,β-unsaturated/α-hetero) is 1. The van der Waals surface area contributed by atoms with Crippen LogP contribution in [-0.2, 0) is 0 Å². The summed E-state index contributed by atoms with van der Waals surface area (Å²) >= 11 is 0. The third-order valence-corrected chi connectivity index (χ3v) is 2.79. The Morgan fingerprint density at radius 2 is 1.85 bits per heavy atom. The van der Waals surface area contributed by atoms with Crippen LogP contribution in [0.15, 0.2) is 42.5 Å². The van der Waals surface area contributed by atoms with Crippen LogP contribution in [0.3, 0.4) is 0 Å². The van der Waals surface area contributed by atoms with Crippen LogP contribution in [0.25, 0.3) is 0 Å². The Kier molecular flexibility index (Phi) is 3.79. The number of nitrogens with one attached hydrogen (secondary N) is 1. The first-order chi connectivity index (χ1) is 9.47. The lowest BCUT2D eigenvalue weighted by Crippen LogP contribution is -2.12. The summed E-state index contributed by atoms with van der Waals surface area (Å²) in [7, 11) is 0. The Labute approximate surface area is 115 Å². The molecule has 0 radical (unpaired) electrons.